The van der Waals surface area contributed by atoms with E-state index in [0.29, 0.717) is 37.8 Å². The summed E-state index contributed by atoms with van der Waals surface area (Å²) in [5, 5.41) is 15.7. The molecule has 1 aliphatic rings. The highest BCUT2D eigenvalue weighted by Crippen LogP contribution is 2.25. The van der Waals surface area contributed by atoms with Gasteiger partial charge in [0.15, 0.2) is 5.96 Å². The number of halogens is 3. The van der Waals surface area contributed by atoms with Crippen molar-refractivity contribution in [3.8, 4) is 5.75 Å². The number of hydrogen-bond acceptors (Lipinski definition) is 4. The van der Waals surface area contributed by atoms with Gasteiger partial charge in [-0.1, -0.05) is 17.7 Å². The van der Waals surface area contributed by atoms with Crippen LogP contribution in [0.1, 0.15) is 18.1 Å². The fourth-order valence-electron chi connectivity index (χ4n) is 2.46. The molecular formula is C17H26F2IN3O3. The van der Waals surface area contributed by atoms with E-state index in [2.05, 4.69) is 20.4 Å². The molecule has 0 radical (unpaired) electrons. The van der Waals surface area contributed by atoms with Gasteiger partial charge < -0.3 is 25.2 Å². The van der Waals surface area contributed by atoms with Crippen molar-refractivity contribution in [3.05, 3.63) is 29.3 Å². The largest absolute Gasteiger partial charge is 0.434 e. The molecule has 0 unspecified atom stereocenters. The van der Waals surface area contributed by atoms with Crippen molar-refractivity contribution in [1.29, 1.82) is 0 Å². The van der Waals surface area contributed by atoms with Gasteiger partial charge >= 0.3 is 6.61 Å². The van der Waals surface area contributed by atoms with Crippen molar-refractivity contribution >= 4 is 29.9 Å². The molecule has 1 fully saturated rings. The first-order chi connectivity index (χ1) is 12.0. The van der Waals surface area contributed by atoms with Crippen molar-refractivity contribution in [1.82, 2.24) is 10.6 Å². The van der Waals surface area contributed by atoms with Crippen LogP contribution in [0.4, 0.5) is 8.78 Å². The van der Waals surface area contributed by atoms with E-state index < -0.39 is 6.61 Å². The maximum atomic E-state index is 12.5. The van der Waals surface area contributed by atoms with E-state index in [-0.39, 0.29) is 48.3 Å². The van der Waals surface area contributed by atoms with Crippen LogP contribution >= 0.6 is 24.0 Å². The first-order valence-corrected chi connectivity index (χ1v) is 8.23. The molecule has 6 nitrogen and oxygen atoms in total. The lowest BCUT2D eigenvalue weighted by atomic mass is 9.87. The van der Waals surface area contributed by atoms with Crippen molar-refractivity contribution < 1.29 is 23.4 Å². The fourth-order valence-corrected chi connectivity index (χ4v) is 2.46. The molecule has 1 heterocycles. The van der Waals surface area contributed by atoms with Crippen LogP contribution in [0.2, 0.25) is 0 Å². The lowest BCUT2D eigenvalue weighted by molar-refractivity contribution is -0.132. The Balaban J connectivity index is 0.00000338. The van der Waals surface area contributed by atoms with Gasteiger partial charge in [0.1, 0.15) is 5.75 Å². The van der Waals surface area contributed by atoms with Crippen LogP contribution in [0.3, 0.4) is 0 Å². The standard InChI is InChI=1S/C17H25F2N3O3.HI/c1-3-20-16(22-8-17(9-23)10-24-11-17)21-7-13-6-12(2)4-5-14(13)25-15(18)19;/h4-6,15,23H,3,7-11H2,1-2H3,(H2,20,21,22);1H. The summed E-state index contributed by atoms with van der Waals surface area (Å²) < 4.78 is 34.8. The Morgan fingerprint density at radius 2 is 2.12 bits per heavy atom. The van der Waals surface area contributed by atoms with Crippen LogP contribution in [-0.4, -0.2) is 50.6 Å². The van der Waals surface area contributed by atoms with Gasteiger partial charge in [-0.2, -0.15) is 8.78 Å². The summed E-state index contributed by atoms with van der Waals surface area (Å²) >= 11 is 0. The van der Waals surface area contributed by atoms with Gasteiger partial charge in [0.05, 0.1) is 31.8 Å². The van der Waals surface area contributed by atoms with Gasteiger partial charge in [-0.25, -0.2) is 4.99 Å². The van der Waals surface area contributed by atoms with E-state index in [1.807, 2.05) is 13.8 Å². The summed E-state index contributed by atoms with van der Waals surface area (Å²) in [6.07, 6.45) is 0. The lowest BCUT2D eigenvalue weighted by Crippen LogP contribution is -2.54. The first-order valence-electron chi connectivity index (χ1n) is 8.23. The van der Waals surface area contributed by atoms with Gasteiger partial charge in [-0.15, -0.1) is 24.0 Å². The van der Waals surface area contributed by atoms with Gasteiger partial charge in [0, 0.05) is 18.7 Å². The predicted octanol–water partition coefficient (Wildman–Crippen LogP) is 2.28. The molecule has 0 spiro atoms. The number of hydrogen-bond donors (Lipinski definition) is 3. The third-order valence-electron chi connectivity index (χ3n) is 3.97. The molecule has 2 rings (SSSR count). The second kappa shape index (κ2) is 10.8. The van der Waals surface area contributed by atoms with Crippen molar-refractivity contribution in [2.45, 2.75) is 27.0 Å². The Bertz CT molecular complexity index is 593. The van der Waals surface area contributed by atoms with Crippen LogP contribution in [-0.2, 0) is 11.3 Å². The average Bonchev–Trinajstić information content (AvgIpc) is 2.53. The first kappa shape index (κ1) is 22.8. The number of aliphatic hydroxyl groups is 1. The third kappa shape index (κ3) is 6.51. The minimum Gasteiger partial charge on any atom is -0.434 e. The Labute approximate surface area is 169 Å². The SMILES string of the molecule is CCNC(=NCc1cc(C)ccc1OC(F)F)NCC1(CO)COC1.I. The number of ether oxygens (including phenoxy) is 2. The molecule has 148 valence electrons. The van der Waals surface area contributed by atoms with E-state index in [1.54, 1.807) is 12.1 Å². The fraction of sp³-hybridized carbons (Fsp3) is 0.588. The average molecular weight is 485 g/mol. The quantitative estimate of drug-likeness (QED) is 0.300. The highest BCUT2D eigenvalue weighted by molar-refractivity contribution is 14.0. The molecular weight excluding hydrogens is 459 g/mol. The zero-order valence-corrected chi connectivity index (χ0v) is 17.3. The van der Waals surface area contributed by atoms with E-state index in [4.69, 9.17) is 4.74 Å². The Kier molecular flexibility index (Phi) is 9.51. The summed E-state index contributed by atoms with van der Waals surface area (Å²) in [7, 11) is 0. The van der Waals surface area contributed by atoms with Crippen molar-refractivity contribution in [3.63, 3.8) is 0 Å². The lowest BCUT2D eigenvalue weighted by Gasteiger charge is -2.40. The number of aryl methyl sites for hydroxylation is 1. The molecule has 1 aromatic carbocycles. The minimum absolute atomic E-state index is 0. The van der Waals surface area contributed by atoms with E-state index in [9.17, 15) is 13.9 Å². The number of nitrogens with one attached hydrogen (secondary N) is 2. The van der Waals surface area contributed by atoms with Crippen LogP contribution < -0.4 is 15.4 Å². The van der Waals surface area contributed by atoms with Crippen LogP contribution in [0.5, 0.6) is 5.75 Å². The Morgan fingerprint density at radius 3 is 2.65 bits per heavy atom. The number of rotatable bonds is 8. The van der Waals surface area contributed by atoms with E-state index in [1.165, 1.54) is 6.07 Å². The van der Waals surface area contributed by atoms with E-state index >= 15 is 0 Å². The number of nitrogens with zero attached hydrogens (tertiary/aromatic N) is 1. The zero-order valence-electron chi connectivity index (χ0n) is 14.9. The maximum absolute atomic E-state index is 12.5. The molecule has 0 amide bonds. The minimum atomic E-state index is -2.88. The molecule has 0 aromatic heterocycles. The van der Waals surface area contributed by atoms with Crippen LogP contribution in [0.15, 0.2) is 23.2 Å². The summed E-state index contributed by atoms with van der Waals surface area (Å²) in [4.78, 5) is 4.44. The Hall–Kier alpha value is -1.20. The molecule has 1 aliphatic heterocycles. The molecule has 3 N–H and O–H groups in total. The van der Waals surface area contributed by atoms with Crippen LogP contribution in [0, 0.1) is 12.3 Å². The monoisotopic (exact) mass is 485 g/mol. The van der Waals surface area contributed by atoms with Crippen molar-refractivity contribution in [2.75, 3.05) is 32.9 Å². The summed E-state index contributed by atoms with van der Waals surface area (Å²) in [6, 6.07) is 5.02. The summed E-state index contributed by atoms with van der Waals surface area (Å²) in [5.41, 5.74) is 1.24. The Morgan fingerprint density at radius 1 is 1.38 bits per heavy atom. The summed E-state index contributed by atoms with van der Waals surface area (Å²) in [6.45, 7) is 3.34. The number of alkyl halides is 2. The number of aliphatic imine (C=N–C) groups is 1. The second-order valence-corrected chi connectivity index (χ2v) is 6.19. The maximum Gasteiger partial charge on any atom is 0.387 e. The second-order valence-electron chi connectivity index (χ2n) is 6.19. The van der Waals surface area contributed by atoms with Gasteiger partial charge in [-0.3, -0.25) is 0 Å². The molecule has 1 saturated heterocycles. The highest BCUT2D eigenvalue weighted by Gasteiger charge is 2.38. The number of benzene rings is 1. The van der Waals surface area contributed by atoms with Gasteiger partial charge in [0.2, 0.25) is 0 Å². The van der Waals surface area contributed by atoms with Gasteiger partial charge in [0.25, 0.3) is 0 Å². The third-order valence-corrected chi connectivity index (χ3v) is 3.97. The molecule has 1 aromatic rings. The molecule has 26 heavy (non-hydrogen) atoms. The number of aliphatic hydroxyl groups excluding tert-OH is 1. The van der Waals surface area contributed by atoms with E-state index in [0.717, 1.165) is 5.56 Å². The molecule has 0 atom stereocenters. The normalized spacial score (nSPS) is 15.8. The molecule has 0 aliphatic carbocycles. The van der Waals surface area contributed by atoms with Crippen molar-refractivity contribution in [2.24, 2.45) is 10.4 Å². The molecule has 0 saturated carbocycles. The van der Waals surface area contributed by atoms with Crippen LogP contribution in [0.25, 0.3) is 0 Å². The highest BCUT2D eigenvalue weighted by atomic mass is 127. The summed E-state index contributed by atoms with van der Waals surface area (Å²) in [5.74, 6) is 0.672. The zero-order chi connectivity index (χ0) is 18.3. The molecule has 9 heteroatoms. The topological polar surface area (TPSA) is 75.1 Å². The predicted molar refractivity (Wildman–Crippen MR) is 106 cm³/mol. The smallest absolute Gasteiger partial charge is 0.387 e. The molecule has 0 bridgehead atoms. The van der Waals surface area contributed by atoms with Gasteiger partial charge in [-0.05, 0) is 19.9 Å². The number of guanidine groups is 1.